The number of aromatic nitrogens is 4. The van der Waals surface area contributed by atoms with Gasteiger partial charge >= 0.3 is 0 Å². The summed E-state index contributed by atoms with van der Waals surface area (Å²) in [5, 5.41) is 4.93. The Morgan fingerprint density at radius 1 is 0.275 bits per heavy atom. The largest absolute Gasteiger partial charge is 0.307 e. The number of fused-ring (bicyclic) bond motifs is 10. The van der Waals surface area contributed by atoms with E-state index in [0.29, 0.717) is 0 Å². The van der Waals surface area contributed by atoms with E-state index in [4.69, 9.17) is 0 Å². The smallest absolute Gasteiger partial charge is 0.0804 e. The summed E-state index contributed by atoms with van der Waals surface area (Å²) in [5.74, 6) is 0. The SMILES string of the molecule is Ic1ccc2c(c1)c1c(c3ccccc3n1-c1ccccc1)n2-c1cccc(-n2c3ccccc3c3c2c2ccccc2n3-c2ccccc2)c1. The normalized spacial score (nSPS) is 12.0. The number of hydrogen-bond donors (Lipinski definition) is 0. The van der Waals surface area contributed by atoms with E-state index in [1.54, 1.807) is 0 Å². The van der Waals surface area contributed by atoms with Crippen LogP contribution in [0.3, 0.4) is 0 Å². The Labute approximate surface area is 307 Å². The van der Waals surface area contributed by atoms with Gasteiger partial charge in [-0.3, -0.25) is 0 Å². The molecule has 4 heterocycles. The molecule has 0 unspecified atom stereocenters. The molecule has 0 aliphatic heterocycles. The maximum Gasteiger partial charge on any atom is 0.0804 e. The molecular weight excluding hydrogens is 735 g/mol. The molecule has 7 aromatic carbocycles. The molecule has 11 aromatic rings. The molecule has 0 aliphatic carbocycles. The molecule has 51 heavy (non-hydrogen) atoms. The van der Waals surface area contributed by atoms with E-state index in [9.17, 15) is 0 Å². The summed E-state index contributed by atoms with van der Waals surface area (Å²) >= 11 is 2.45. The van der Waals surface area contributed by atoms with Crippen molar-refractivity contribution in [2.45, 2.75) is 0 Å². The molecule has 0 saturated heterocycles. The Balaban J connectivity index is 1.25. The van der Waals surface area contributed by atoms with Crippen molar-refractivity contribution in [2.24, 2.45) is 0 Å². The zero-order chi connectivity index (χ0) is 33.6. The zero-order valence-electron chi connectivity index (χ0n) is 27.4. The van der Waals surface area contributed by atoms with Gasteiger partial charge in [0.25, 0.3) is 0 Å². The van der Waals surface area contributed by atoms with Crippen molar-refractivity contribution in [3.63, 3.8) is 0 Å². The molecule has 0 fully saturated rings. The summed E-state index contributed by atoms with van der Waals surface area (Å²) in [4.78, 5) is 0. The van der Waals surface area contributed by atoms with E-state index in [-0.39, 0.29) is 0 Å². The summed E-state index contributed by atoms with van der Waals surface area (Å²) in [6.45, 7) is 0. The highest BCUT2D eigenvalue weighted by molar-refractivity contribution is 14.1. The molecule has 0 aliphatic rings. The van der Waals surface area contributed by atoms with Crippen LogP contribution >= 0.6 is 22.6 Å². The number of halogens is 1. The predicted octanol–water partition coefficient (Wildman–Crippen LogP) is 12.4. The second-order valence-electron chi connectivity index (χ2n) is 13.1. The molecule has 0 bridgehead atoms. The van der Waals surface area contributed by atoms with Crippen LogP contribution in [0, 0.1) is 3.57 Å². The Hall–Kier alpha value is -6.05. The molecule has 0 amide bonds. The predicted molar refractivity (Wildman–Crippen MR) is 222 cm³/mol. The highest BCUT2D eigenvalue weighted by Crippen LogP contribution is 2.43. The third-order valence-electron chi connectivity index (χ3n) is 10.4. The molecule has 4 aromatic heterocycles. The van der Waals surface area contributed by atoms with E-state index >= 15 is 0 Å². The second kappa shape index (κ2) is 11.0. The molecule has 4 nitrogen and oxygen atoms in total. The molecule has 0 radical (unpaired) electrons. The second-order valence-corrected chi connectivity index (χ2v) is 14.4. The number of benzene rings is 7. The summed E-state index contributed by atoms with van der Waals surface area (Å²) in [5.41, 5.74) is 14.2. The molecule has 0 spiro atoms. The van der Waals surface area contributed by atoms with Crippen LogP contribution in [0.5, 0.6) is 0 Å². The lowest BCUT2D eigenvalue weighted by Crippen LogP contribution is -1.98. The molecule has 240 valence electrons. The van der Waals surface area contributed by atoms with E-state index in [1.807, 2.05) is 0 Å². The van der Waals surface area contributed by atoms with E-state index in [1.165, 1.54) is 69.2 Å². The monoisotopic (exact) mass is 764 g/mol. The average molecular weight is 765 g/mol. The lowest BCUT2D eigenvalue weighted by Gasteiger charge is -2.13. The average Bonchev–Trinajstić information content (AvgIpc) is 3.90. The summed E-state index contributed by atoms with van der Waals surface area (Å²) in [7, 11) is 0. The van der Waals surface area contributed by atoms with Gasteiger partial charge in [-0.05, 0) is 101 Å². The molecule has 0 N–H and O–H groups in total. The number of nitrogens with zero attached hydrogens (tertiary/aromatic N) is 4. The minimum absolute atomic E-state index is 1.13. The molecule has 0 atom stereocenters. The van der Waals surface area contributed by atoms with Crippen LogP contribution in [0.1, 0.15) is 0 Å². The first-order valence-corrected chi connectivity index (χ1v) is 18.3. The Kier molecular flexibility index (Phi) is 6.19. The topological polar surface area (TPSA) is 19.7 Å². The number of para-hydroxylation sites is 5. The fraction of sp³-hybridized carbons (Fsp3) is 0. The highest BCUT2D eigenvalue weighted by atomic mass is 127. The molecule has 5 heteroatoms. The van der Waals surface area contributed by atoms with Gasteiger partial charge in [-0.1, -0.05) is 97.1 Å². The van der Waals surface area contributed by atoms with Crippen molar-refractivity contribution >= 4 is 88.3 Å². The van der Waals surface area contributed by atoms with Gasteiger partial charge in [0, 0.05) is 47.9 Å². The first-order valence-electron chi connectivity index (χ1n) is 17.2. The van der Waals surface area contributed by atoms with Gasteiger partial charge < -0.3 is 18.3 Å². The Morgan fingerprint density at radius 3 is 1.10 bits per heavy atom. The van der Waals surface area contributed by atoms with Crippen molar-refractivity contribution in [3.8, 4) is 22.7 Å². The lowest BCUT2D eigenvalue weighted by atomic mass is 10.2. The van der Waals surface area contributed by atoms with E-state index < -0.39 is 0 Å². The standard InChI is InChI=1S/C46H29IN4/c47-30-26-27-42-38(28-30)46-45(36-21-8-11-24-40(36)49(46)32-16-5-2-6-17-32)51(42)34-19-13-18-33(29-34)50-41-25-12-9-22-37(41)43-44(50)35-20-7-10-23-39(35)48(43)31-14-3-1-4-15-31/h1-29H. The van der Waals surface area contributed by atoms with Crippen LogP contribution < -0.4 is 0 Å². The van der Waals surface area contributed by atoms with Gasteiger partial charge in [0.1, 0.15) is 0 Å². The highest BCUT2D eigenvalue weighted by Gasteiger charge is 2.24. The van der Waals surface area contributed by atoms with Crippen molar-refractivity contribution < 1.29 is 0 Å². The minimum atomic E-state index is 1.13. The Morgan fingerprint density at radius 2 is 0.627 bits per heavy atom. The molecule has 11 rings (SSSR count). The van der Waals surface area contributed by atoms with Gasteiger partial charge in [-0.15, -0.1) is 0 Å². The lowest BCUT2D eigenvalue weighted by molar-refractivity contribution is 1.14. The van der Waals surface area contributed by atoms with Crippen molar-refractivity contribution in [1.29, 1.82) is 0 Å². The van der Waals surface area contributed by atoms with E-state index in [0.717, 1.165) is 22.7 Å². The molecule has 0 saturated carbocycles. The number of rotatable bonds is 4. The zero-order valence-corrected chi connectivity index (χ0v) is 29.6. The maximum absolute atomic E-state index is 2.47. The van der Waals surface area contributed by atoms with Crippen LogP contribution in [0.4, 0.5) is 0 Å². The third-order valence-corrected chi connectivity index (χ3v) is 11.0. The van der Waals surface area contributed by atoms with Gasteiger partial charge in [0.05, 0.1) is 44.1 Å². The molecular formula is C46H29IN4. The van der Waals surface area contributed by atoms with Crippen LogP contribution in [-0.2, 0) is 0 Å². The fourth-order valence-electron chi connectivity index (χ4n) is 8.40. The minimum Gasteiger partial charge on any atom is -0.307 e. The fourth-order valence-corrected chi connectivity index (χ4v) is 8.89. The van der Waals surface area contributed by atoms with Gasteiger partial charge in [-0.25, -0.2) is 0 Å². The van der Waals surface area contributed by atoms with Crippen molar-refractivity contribution in [3.05, 3.63) is 179 Å². The van der Waals surface area contributed by atoms with Crippen molar-refractivity contribution in [1.82, 2.24) is 18.3 Å². The van der Waals surface area contributed by atoms with Crippen LogP contribution in [0.2, 0.25) is 0 Å². The van der Waals surface area contributed by atoms with Gasteiger partial charge in [-0.2, -0.15) is 0 Å². The summed E-state index contributed by atoms with van der Waals surface area (Å²) in [6.07, 6.45) is 0. The maximum atomic E-state index is 2.47. The third kappa shape index (κ3) is 4.06. The Bertz CT molecular complexity index is 3130. The summed E-state index contributed by atoms with van der Waals surface area (Å²) < 4.78 is 11.0. The quantitative estimate of drug-likeness (QED) is 0.159. The van der Waals surface area contributed by atoms with Crippen LogP contribution in [-0.4, -0.2) is 18.3 Å². The summed E-state index contributed by atoms with van der Waals surface area (Å²) in [6, 6.07) is 63.8. The van der Waals surface area contributed by atoms with Crippen molar-refractivity contribution in [2.75, 3.05) is 0 Å². The first-order chi connectivity index (χ1) is 25.3. The first kappa shape index (κ1) is 28.8. The number of hydrogen-bond acceptors (Lipinski definition) is 0. The van der Waals surface area contributed by atoms with Crippen LogP contribution in [0.15, 0.2) is 176 Å². The van der Waals surface area contributed by atoms with E-state index in [2.05, 4.69) is 217 Å². The van der Waals surface area contributed by atoms with Crippen LogP contribution in [0.25, 0.3) is 88.4 Å². The van der Waals surface area contributed by atoms with Gasteiger partial charge in [0.15, 0.2) is 0 Å². The van der Waals surface area contributed by atoms with Gasteiger partial charge in [0.2, 0.25) is 0 Å².